The van der Waals surface area contributed by atoms with E-state index in [0.717, 1.165) is 51.6 Å². The first-order chi connectivity index (χ1) is 11.8. The fourth-order valence-electron chi connectivity index (χ4n) is 2.91. The summed E-state index contributed by atoms with van der Waals surface area (Å²) in [5, 5.41) is 6.76. The lowest BCUT2D eigenvalue weighted by Gasteiger charge is -2.06. The van der Waals surface area contributed by atoms with Crippen molar-refractivity contribution < 1.29 is 4.79 Å². The molecule has 2 aromatic carbocycles. The summed E-state index contributed by atoms with van der Waals surface area (Å²) in [5.74, 6) is 0. The van der Waals surface area contributed by atoms with Crippen molar-refractivity contribution >= 4 is 44.8 Å². The van der Waals surface area contributed by atoms with Crippen LogP contribution in [-0.4, -0.2) is 27.0 Å². The van der Waals surface area contributed by atoms with Crippen LogP contribution in [0.15, 0.2) is 42.5 Å². The fourth-order valence-corrected chi connectivity index (χ4v) is 2.91. The Labute approximate surface area is 137 Å². The van der Waals surface area contributed by atoms with Crippen LogP contribution in [0.2, 0.25) is 0 Å². The Balaban J connectivity index is 1.60. The Morgan fingerprint density at radius 2 is 1.88 bits per heavy atom. The van der Waals surface area contributed by atoms with E-state index in [0.29, 0.717) is 6.04 Å². The van der Waals surface area contributed by atoms with Crippen LogP contribution in [0.4, 0.5) is 10.5 Å². The molecule has 0 unspecified atom stereocenters. The zero-order chi connectivity index (χ0) is 16.1. The van der Waals surface area contributed by atoms with Crippen molar-refractivity contribution in [1.29, 1.82) is 0 Å². The van der Waals surface area contributed by atoms with Gasteiger partial charge in [-0.2, -0.15) is 0 Å². The van der Waals surface area contributed by atoms with Gasteiger partial charge in [0.1, 0.15) is 5.52 Å². The van der Waals surface area contributed by atoms with Crippen LogP contribution in [0.25, 0.3) is 33.1 Å². The molecule has 0 bridgehead atoms. The molecule has 24 heavy (non-hydrogen) atoms. The summed E-state index contributed by atoms with van der Waals surface area (Å²) in [6.45, 7) is 0. The zero-order valence-corrected chi connectivity index (χ0v) is 12.8. The molecule has 118 valence electrons. The standard InChI is InChI=1S/C18H15N5O/c24-18(19-10-5-6-10)20-11-7-8-13-12(9-11)16-17(22-13)23-15-4-2-1-3-14(15)21-16/h1-4,7-10H,5-6H2,(H,22,23)(H2,19,20,24). The number of hydrogen-bond acceptors (Lipinski definition) is 3. The topological polar surface area (TPSA) is 82.7 Å². The Morgan fingerprint density at radius 3 is 2.67 bits per heavy atom. The van der Waals surface area contributed by atoms with Gasteiger partial charge in [0.2, 0.25) is 0 Å². The molecule has 1 fully saturated rings. The summed E-state index contributed by atoms with van der Waals surface area (Å²) in [4.78, 5) is 24.6. The maximum atomic E-state index is 11.9. The van der Waals surface area contributed by atoms with Gasteiger partial charge in [0, 0.05) is 22.6 Å². The average Bonchev–Trinajstić information content (AvgIpc) is 3.32. The highest BCUT2D eigenvalue weighted by Crippen LogP contribution is 2.27. The van der Waals surface area contributed by atoms with Gasteiger partial charge in [-0.3, -0.25) is 0 Å². The number of carbonyl (C=O) groups excluding carboxylic acids is 1. The molecule has 2 heterocycles. The molecule has 2 aromatic heterocycles. The van der Waals surface area contributed by atoms with E-state index >= 15 is 0 Å². The molecule has 0 saturated heterocycles. The van der Waals surface area contributed by atoms with Crippen LogP contribution in [0.3, 0.4) is 0 Å². The number of carbonyl (C=O) groups is 1. The highest BCUT2D eigenvalue weighted by Gasteiger charge is 2.23. The number of urea groups is 1. The first-order valence-corrected chi connectivity index (χ1v) is 8.02. The van der Waals surface area contributed by atoms with Crippen molar-refractivity contribution in [2.45, 2.75) is 18.9 Å². The van der Waals surface area contributed by atoms with Gasteiger partial charge in [0.25, 0.3) is 0 Å². The number of aromatic nitrogens is 3. The molecule has 6 heteroatoms. The molecule has 1 aliphatic rings. The van der Waals surface area contributed by atoms with E-state index in [-0.39, 0.29) is 6.03 Å². The SMILES string of the molecule is O=C(Nc1ccc2[nH]c3nc4ccccc4nc3c2c1)NC1CC1. The van der Waals surface area contributed by atoms with Gasteiger partial charge in [0.15, 0.2) is 5.65 Å². The van der Waals surface area contributed by atoms with E-state index in [1.165, 1.54) is 0 Å². The number of H-pyrrole nitrogens is 1. The van der Waals surface area contributed by atoms with E-state index in [1.807, 2.05) is 42.5 Å². The van der Waals surface area contributed by atoms with Gasteiger partial charge in [-0.1, -0.05) is 12.1 Å². The number of nitrogens with zero attached hydrogens (tertiary/aromatic N) is 2. The highest BCUT2D eigenvalue weighted by molar-refractivity contribution is 6.07. The summed E-state index contributed by atoms with van der Waals surface area (Å²) < 4.78 is 0. The Bertz CT molecular complexity index is 1100. The molecule has 6 nitrogen and oxygen atoms in total. The van der Waals surface area contributed by atoms with Crippen LogP contribution in [-0.2, 0) is 0 Å². The third-order valence-electron chi connectivity index (χ3n) is 4.27. The first kappa shape index (κ1) is 13.3. The summed E-state index contributed by atoms with van der Waals surface area (Å²) >= 11 is 0. The fraction of sp³-hybridized carbons (Fsp3) is 0.167. The lowest BCUT2D eigenvalue weighted by atomic mass is 10.2. The second-order valence-corrected chi connectivity index (χ2v) is 6.17. The number of aromatic amines is 1. The number of nitrogens with one attached hydrogen (secondary N) is 3. The van der Waals surface area contributed by atoms with E-state index in [2.05, 4.69) is 20.6 Å². The maximum absolute atomic E-state index is 11.9. The van der Waals surface area contributed by atoms with Crippen molar-refractivity contribution in [3.8, 4) is 0 Å². The van der Waals surface area contributed by atoms with Gasteiger partial charge >= 0.3 is 6.03 Å². The molecular formula is C18H15N5O. The van der Waals surface area contributed by atoms with Crippen LogP contribution >= 0.6 is 0 Å². The second-order valence-electron chi connectivity index (χ2n) is 6.17. The minimum absolute atomic E-state index is 0.159. The van der Waals surface area contributed by atoms with E-state index in [9.17, 15) is 4.79 Å². The van der Waals surface area contributed by atoms with Crippen molar-refractivity contribution in [3.63, 3.8) is 0 Å². The lowest BCUT2D eigenvalue weighted by molar-refractivity contribution is 0.251. The number of amides is 2. The smallest absolute Gasteiger partial charge is 0.319 e. The van der Waals surface area contributed by atoms with Gasteiger partial charge in [-0.25, -0.2) is 14.8 Å². The zero-order valence-electron chi connectivity index (χ0n) is 12.8. The predicted octanol–water partition coefficient (Wildman–Crippen LogP) is 3.55. The molecule has 0 atom stereocenters. The molecule has 1 aliphatic carbocycles. The number of anilines is 1. The molecule has 5 rings (SSSR count). The summed E-state index contributed by atoms with van der Waals surface area (Å²) in [7, 11) is 0. The Kier molecular flexibility index (Phi) is 2.73. The van der Waals surface area contributed by atoms with Gasteiger partial charge < -0.3 is 15.6 Å². The van der Waals surface area contributed by atoms with Gasteiger partial charge in [-0.05, 0) is 43.2 Å². The predicted molar refractivity (Wildman–Crippen MR) is 94.1 cm³/mol. The number of benzene rings is 2. The number of hydrogen-bond donors (Lipinski definition) is 3. The summed E-state index contributed by atoms with van der Waals surface area (Å²) in [5.41, 5.74) is 4.98. The molecule has 4 aromatic rings. The Hall–Kier alpha value is -3.15. The van der Waals surface area contributed by atoms with E-state index in [4.69, 9.17) is 4.98 Å². The minimum atomic E-state index is -0.159. The van der Waals surface area contributed by atoms with Crippen LogP contribution in [0.5, 0.6) is 0 Å². The highest BCUT2D eigenvalue weighted by atomic mass is 16.2. The number of para-hydroxylation sites is 2. The van der Waals surface area contributed by atoms with Gasteiger partial charge in [-0.15, -0.1) is 0 Å². The largest absolute Gasteiger partial charge is 0.338 e. The molecule has 3 N–H and O–H groups in total. The van der Waals surface area contributed by atoms with Crippen LogP contribution in [0, 0.1) is 0 Å². The molecule has 0 aliphatic heterocycles. The molecule has 1 saturated carbocycles. The summed E-state index contributed by atoms with van der Waals surface area (Å²) in [6.07, 6.45) is 2.13. The minimum Gasteiger partial charge on any atom is -0.338 e. The molecule has 0 radical (unpaired) electrons. The van der Waals surface area contributed by atoms with Crippen LogP contribution in [0.1, 0.15) is 12.8 Å². The van der Waals surface area contributed by atoms with Crippen molar-refractivity contribution in [2.75, 3.05) is 5.32 Å². The van der Waals surface area contributed by atoms with Crippen molar-refractivity contribution in [3.05, 3.63) is 42.5 Å². The third kappa shape index (κ3) is 2.23. The van der Waals surface area contributed by atoms with Crippen molar-refractivity contribution in [2.24, 2.45) is 0 Å². The van der Waals surface area contributed by atoms with E-state index < -0.39 is 0 Å². The number of rotatable bonds is 2. The molecule has 2 amide bonds. The normalized spacial score (nSPS) is 14.3. The lowest BCUT2D eigenvalue weighted by Crippen LogP contribution is -2.30. The van der Waals surface area contributed by atoms with Crippen molar-refractivity contribution in [1.82, 2.24) is 20.3 Å². The second kappa shape index (κ2) is 4.92. The molecule has 0 spiro atoms. The number of fused-ring (bicyclic) bond motifs is 4. The summed E-state index contributed by atoms with van der Waals surface area (Å²) in [6, 6.07) is 13.7. The quantitative estimate of drug-likeness (QED) is 0.529. The van der Waals surface area contributed by atoms with Gasteiger partial charge in [0.05, 0.1) is 11.0 Å². The average molecular weight is 317 g/mol. The third-order valence-corrected chi connectivity index (χ3v) is 4.27. The monoisotopic (exact) mass is 317 g/mol. The van der Waals surface area contributed by atoms with Crippen LogP contribution < -0.4 is 10.6 Å². The first-order valence-electron chi connectivity index (χ1n) is 8.02. The molecular weight excluding hydrogens is 302 g/mol. The Morgan fingerprint density at radius 1 is 1.08 bits per heavy atom. The maximum Gasteiger partial charge on any atom is 0.319 e. The van der Waals surface area contributed by atoms with E-state index in [1.54, 1.807) is 0 Å².